The Hall–Kier alpha value is -2.73. The molecule has 0 spiro atoms. The van der Waals surface area contributed by atoms with Crippen LogP contribution in [-0.2, 0) is 0 Å². The zero-order valence-corrected chi connectivity index (χ0v) is 16.2. The molecule has 3 aliphatic heterocycles. The standard InChI is InChI=1S/C22H25N3O3/c1-14-21(16-8-11-25(14)12-9-16)24-22(27)17-3-5-19(6-4-17)28-20-13-18(15(2)26)7-10-23-20/h3-7,10,13-14,16,21H,8-9,11-12H2,1-2H3,(H,24,27)/t14-,21+/m1/s1. The fraction of sp³-hybridized carbons (Fsp3) is 0.409. The van der Waals surface area contributed by atoms with E-state index in [-0.39, 0.29) is 17.7 Å². The third-order valence-electron chi connectivity index (χ3n) is 5.96. The summed E-state index contributed by atoms with van der Waals surface area (Å²) >= 11 is 0. The van der Waals surface area contributed by atoms with Crippen LogP contribution in [0.5, 0.6) is 11.6 Å². The van der Waals surface area contributed by atoms with E-state index in [1.807, 2.05) is 0 Å². The molecule has 6 nitrogen and oxygen atoms in total. The van der Waals surface area contributed by atoms with Crippen LogP contribution >= 0.6 is 0 Å². The van der Waals surface area contributed by atoms with E-state index in [9.17, 15) is 9.59 Å². The highest BCUT2D eigenvalue weighted by Crippen LogP contribution is 2.32. The third-order valence-corrected chi connectivity index (χ3v) is 5.96. The van der Waals surface area contributed by atoms with Crippen molar-refractivity contribution in [2.24, 2.45) is 5.92 Å². The van der Waals surface area contributed by atoms with Crippen LogP contribution in [0.4, 0.5) is 0 Å². The molecule has 2 atom stereocenters. The number of fused-ring (bicyclic) bond motifs is 3. The van der Waals surface area contributed by atoms with Gasteiger partial charge in [-0.15, -0.1) is 0 Å². The van der Waals surface area contributed by atoms with E-state index in [1.54, 1.807) is 42.6 Å². The van der Waals surface area contributed by atoms with Crippen molar-refractivity contribution in [3.63, 3.8) is 0 Å². The van der Waals surface area contributed by atoms with Gasteiger partial charge in [0, 0.05) is 35.5 Å². The number of pyridine rings is 1. The molecule has 0 saturated carbocycles. The topological polar surface area (TPSA) is 71.5 Å². The Labute approximate surface area is 164 Å². The van der Waals surface area contributed by atoms with E-state index < -0.39 is 0 Å². The van der Waals surface area contributed by atoms with Crippen LogP contribution < -0.4 is 10.1 Å². The Kier molecular flexibility index (Phi) is 5.13. The summed E-state index contributed by atoms with van der Waals surface area (Å²) < 4.78 is 5.71. The summed E-state index contributed by atoms with van der Waals surface area (Å²) in [6, 6.07) is 10.9. The van der Waals surface area contributed by atoms with E-state index in [4.69, 9.17) is 4.74 Å². The summed E-state index contributed by atoms with van der Waals surface area (Å²) in [6.45, 7) is 5.99. The van der Waals surface area contributed by atoms with Gasteiger partial charge in [-0.2, -0.15) is 0 Å². The third kappa shape index (κ3) is 3.78. The van der Waals surface area contributed by atoms with Gasteiger partial charge in [-0.3, -0.25) is 14.5 Å². The number of aromatic nitrogens is 1. The van der Waals surface area contributed by atoms with Gasteiger partial charge in [-0.05, 0) is 76.0 Å². The maximum absolute atomic E-state index is 12.7. The molecular weight excluding hydrogens is 354 g/mol. The molecule has 1 amide bonds. The van der Waals surface area contributed by atoms with Gasteiger partial charge in [0.25, 0.3) is 5.91 Å². The number of hydrogen-bond donors (Lipinski definition) is 1. The largest absolute Gasteiger partial charge is 0.439 e. The number of nitrogens with zero attached hydrogens (tertiary/aromatic N) is 2. The molecule has 4 heterocycles. The first kappa shape index (κ1) is 18.6. The molecule has 3 aliphatic rings. The predicted molar refractivity (Wildman–Crippen MR) is 106 cm³/mol. The molecule has 3 fully saturated rings. The average Bonchev–Trinajstić information content (AvgIpc) is 2.71. The second-order valence-corrected chi connectivity index (χ2v) is 7.68. The first-order chi connectivity index (χ1) is 13.5. The van der Waals surface area contributed by atoms with Gasteiger partial charge in [0.05, 0.1) is 0 Å². The van der Waals surface area contributed by atoms with Crippen molar-refractivity contribution in [1.82, 2.24) is 15.2 Å². The maximum atomic E-state index is 12.7. The van der Waals surface area contributed by atoms with Gasteiger partial charge in [0.1, 0.15) is 5.75 Å². The zero-order valence-electron chi connectivity index (χ0n) is 16.2. The average molecular weight is 379 g/mol. The molecule has 1 aromatic carbocycles. The predicted octanol–water partition coefficient (Wildman–Crippen LogP) is 3.29. The van der Waals surface area contributed by atoms with Gasteiger partial charge in [-0.25, -0.2) is 4.98 Å². The summed E-state index contributed by atoms with van der Waals surface area (Å²) in [7, 11) is 0. The Morgan fingerprint density at radius 1 is 1.11 bits per heavy atom. The number of rotatable bonds is 5. The quantitative estimate of drug-likeness (QED) is 0.807. The fourth-order valence-corrected chi connectivity index (χ4v) is 4.26. The highest BCUT2D eigenvalue weighted by molar-refractivity contribution is 5.95. The van der Waals surface area contributed by atoms with Crippen molar-refractivity contribution in [1.29, 1.82) is 0 Å². The van der Waals surface area contributed by atoms with Gasteiger partial charge < -0.3 is 10.1 Å². The molecule has 5 rings (SSSR count). The number of ketones is 1. The normalized spacial score (nSPS) is 25.9. The van der Waals surface area contributed by atoms with Gasteiger partial charge >= 0.3 is 0 Å². The zero-order chi connectivity index (χ0) is 19.7. The minimum atomic E-state index is -0.0474. The molecule has 2 bridgehead atoms. The summed E-state index contributed by atoms with van der Waals surface area (Å²) in [5, 5.41) is 3.23. The number of benzene rings is 1. The van der Waals surface area contributed by atoms with Crippen LogP contribution in [0.3, 0.4) is 0 Å². The summed E-state index contributed by atoms with van der Waals surface area (Å²) in [4.78, 5) is 30.8. The molecule has 1 aromatic heterocycles. The summed E-state index contributed by atoms with van der Waals surface area (Å²) in [5.74, 6) is 1.41. The lowest BCUT2D eigenvalue weighted by atomic mass is 9.79. The molecule has 146 valence electrons. The molecule has 3 saturated heterocycles. The molecular formula is C22H25N3O3. The van der Waals surface area contributed by atoms with Crippen molar-refractivity contribution < 1.29 is 14.3 Å². The smallest absolute Gasteiger partial charge is 0.251 e. The van der Waals surface area contributed by atoms with Crippen molar-refractivity contribution in [2.45, 2.75) is 38.8 Å². The SMILES string of the molecule is CC(=O)c1ccnc(Oc2ccc(C(=O)N[C@@H]3C4CCN(CC4)[C@@H]3C)cc2)c1. The molecule has 28 heavy (non-hydrogen) atoms. The minimum absolute atomic E-state index is 0.0405. The molecule has 6 heteroatoms. The van der Waals surface area contributed by atoms with Gasteiger partial charge in [0.2, 0.25) is 5.88 Å². The van der Waals surface area contributed by atoms with Crippen LogP contribution in [0, 0.1) is 5.92 Å². The Morgan fingerprint density at radius 3 is 2.46 bits per heavy atom. The summed E-state index contributed by atoms with van der Waals surface area (Å²) in [5.41, 5.74) is 1.16. The van der Waals surface area contributed by atoms with Crippen LogP contribution in [0.2, 0.25) is 0 Å². The Balaban J connectivity index is 1.41. The van der Waals surface area contributed by atoms with Gasteiger partial charge in [0.15, 0.2) is 5.78 Å². The fourth-order valence-electron chi connectivity index (χ4n) is 4.26. The van der Waals surface area contributed by atoms with Crippen molar-refractivity contribution in [2.75, 3.05) is 13.1 Å². The minimum Gasteiger partial charge on any atom is -0.439 e. The Morgan fingerprint density at radius 2 is 1.82 bits per heavy atom. The Bertz CT molecular complexity index is 871. The first-order valence-electron chi connectivity index (χ1n) is 9.81. The van der Waals surface area contributed by atoms with E-state index >= 15 is 0 Å². The highest BCUT2D eigenvalue weighted by Gasteiger charge is 2.40. The lowest BCUT2D eigenvalue weighted by molar-refractivity contribution is 0.0217. The number of carbonyl (C=O) groups excluding carboxylic acids is 2. The number of piperidine rings is 3. The number of amides is 1. The monoisotopic (exact) mass is 379 g/mol. The van der Waals surface area contributed by atoms with Crippen molar-refractivity contribution in [3.8, 4) is 11.6 Å². The van der Waals surface area contributed by atoms with Crippen LogP contribution in [0.1, 0.15) is 47.4 Å². The molecule has 2 aromatic rings. The number of carbonyl (C=O) groups is 2. The van der Waals surface area contributed by atoms with E-state index in [0.29, 0.717) is 34.7 Å². The summed E-state index contributed by atoms with van der Waals surface area (Å²) in [6.07, 6.45) is 3.87. The number of nitrogens with one attached hydrogen (secondary N) is 1. The lowest BCUT2D eigenvalue weighted by Gasteiger charge is -2.49. The lowest BCUT2D eigenvalue weighted by Crippen LogP contribution is -2.62. The second kappa shape index (κ2) is 7.72. The maximum Gasteiger partial charge on any atom is 0.251 e. The van der Waals surface area contributed by atoms with Crippen LogP contribution in [0.25, 0.3) is 0 Å². The highest BCUT2D eigenvalue weighted by atomic mass is 16.5. The molecule has 0 unspecified atom stereocenters. The van der Waals surface area contributed by atoms with Gasteiger partial charge in [-0.1, -0.05) is 0 Å². The van der Waals surface area contributed by atoms with E-state index in [1.165, 1.54) is 6.92 Å². The molecule has 0 aliphatic carbocycles. The second-order valence-electron chi connectivity index (χ2n) is 7.68. The van der Waals surface area contributed by atoms with Crippen molar-refractivity contribution >= 4 is 11.7 Å². The van der Waals surface area contributed by atoms with E-state index in [2.05, 4.69) is 22.1 Å². The molecule has 0 radical (unpaired) electrons. The van der Waals surface area contributed by atoms with Crippen molar-refractivity contribution in [3.05, 3.63) is 53.7 Å². The number of hydrogen-bond acceptors (Lipinski definition) is 5. The van der Waals surface area contributed by atoms with Crippen LogP contribution in [0.15, 0.2) is 42.6 Å². The number of Topliss-reactive ketones (excluding diaryl/α,β-unsaturated/α-hetero) is 1. The van der Waals surface area contributed by atoms with E-state index in [0.717, 1.165) is 25.9 Å². The molecule has 1 N–H and O–H groups in total. The first-order valence-corrected chi connectivity index (χ1v) is 9.81. The number of ether oxygens (including phenoxy) is 1. The van der Waals surface area contributed by atoms with Crippen LogP contribution in [-0.4, -0.2) is 46.7 Å².